The predicted octanol–water partition coefficient (Wildman–Crippen LogP) is -0.654. The first-order valence-electron chi connectivity index (χ1n) is 9.89. The molecule has 0 unspecified atom stereocenters. The van der Waals surface area contributed by atoms with Gasteiger partial charge in [-0.3, -0.25) is 13.9 Å². The predicted molar refractivity (Wildman–Crippen MR) is 111 cm³/mol. The molecule has 2 aromatic heterocycles. The van der Waals surface area contributed by atoms with E-state index < -0.39 is 0 Å². The quantitative estimate of drug-likeness (QED) is 0.670. The van der Waals surface area contributed by atoms with Gasteiger partial charge in [0, 0.05) is 71.2 Å². The molecule has 4 heterocycles. The number of anilines is 3. The molecule has 0 atom stereocenters. The lowest BCUT2D eigenvalue weighted by Crippen LogP contribution is -2.50. The minimum absolute atomic E-state index is 0.289. The van der Waals surface area contributed by atoms with Gasteiger partial charge in [0.1, 0.15) is 11.6 Å². The van der Waals surface area contributed by atoms with Gasteiger partial charge in [-0.2, -0.15) is 4.98 Å². The fourth-order valence-corrected chi connectivity index (χ4v) is 3.79. The van der Waals surface area contributed by atoms with Gasteiger partial charge in [0.2, 0.25) is 5.95 Å². The number of rotatable bonds is 3. The van der Waals surface area contributed by atoms with Gasteiger partial charge in [-0.05, 0) is 6.92 Å². The Balaban J connectivity index is 1.51. The number of aryl methyl sites for hydroxylation is 1. The van der Waals surface area contributed by atoms with Crippen LogP contribution in [0.4, 0.5) is 17.6 Å². The lowest BCUT2D eigenvalue weighted by Gasteiger charge is -2.37. The standard InChI is InChI=1S/C19H27N7O3/c1-14-12-15(24-8-10-29-11-9-24)21-18(20-14)26-6-4-25(5-7-26)16-13-17(27)23(3)19(28)22(16)2/h12-13H,4-11H2,1-3H3. The molecule has 2 aliphatic heterocycles. The number of morpholine rings is 1. The third-order valence-electron chi connectivity index (χ3n) is 5.55. The van der Waals surface area contributed by atoms with Crippen molar-refractivity contribution in [1.82, 2.24) is 19.1 Å². The zero-order valence-electron chi connectivity index (χ0n) is 17.2. The van der Waals surface area contributed by atoms with Crippen LogP contribution in [0.2, 0.25) is 0 Å². The Morgan fingerprint density at radius 2 is 1.48 bits per heavy atom. The third kappa shape index (κ3) is 3.84. The molecule has 0 spiro atoms. The molecule has 10 nitrogen and oxygen atoms in total. The summed E-state index contributed by atoms with van der Waals surface area (Å²) in [5.41, 5.74) is 0.336. The largest absolute Gasteiger partial charge is 0.378 e. The second-order valence-corrected chi connectivity index (χ2v) is 7.48. The maximum atomic E-state index is 12.2. The van der Waals surface area contributed by atoms with Crippen LogP contribution < -0.4 is 25.9 Å². The fourth-order valence-electron chi connectivity index (χ4n) is 3.79. The van der Waals surface area contributed by atoms with Crippen molar-refractivity contribution in [2.24, 2.45) is 14.1 Å². The first-order valence-corrected chi connectivity index (χ1v) is 9.89. The Hall–Kier alpha value is -2.88. The van der Waals surface area contributed by atoms with Crippen molar-refractivity contribution in [2.75, 3.05) is 67.2 Å². The molecular formula is C19H27N7O3. The van der Waals surface area contributed by atoms with Crippen molar-refractivity contribution >= 4 is 17.6 Å². The maximum absolute atomic E-state index is 12.2. The summed E-state index contributed by atoms with van der Waals surface area (Å²) in [7, 11) is 3.19. The maximum Gasteiger partial charge on any atom is 0.332 e. The van der Waals surface area contributed by atoms with Crippen LogP contribution >= 0.6 is 0 Å². The van der Waals surface area contributed by atoms with Gasteiger partial charge in [-0.1, -0.05) is 0 Å². The lowest BCUT2D eigenvalue weighted by atomic mass is 10.3. The Bertz CT molecular complexity index is 1000. The zero-order chi connectivity index (χ0) is 20.5. The molecule has 2 aliphatic rings. The smallest absolute Gasteiger partial charge is 0.332 e. The van der Waals surface area contributed by atoms with Crippen LogP contribution in [0.25, 0.3) is 0 Å². The van der Waals surface area contributed by atoms with Crippen molar-refractivity contribution in [1.29, 1.82) is 0 Å². The van der Waals surface area contributed by atoms with E-state index >= 15 is 0 Å². The summed E-state index contributed by atoms with van der Waals surface area (Å²) in [6, 6.07) is 3.54. The monoisotopic (exact) mass is 401 g/mol. The van der Waals surface area contributed by atoms with Crippen molar-refractivity contribution in [3.8, 4) is 0 Å². The summed E-state index contributed by atoms with van der Waals surface area (Å²) in [6.45, 7) is 7.89. The van der Waals surface area contributed by atoms with Crippen LogP contribution in [0.15, 0.2) is 21.7 Å². The molecule has 0 radical (unpaired) electrons. The topological polar surface area (TPSA) is 88.7 Å². The summed E-state index contributed by atoms with van der Waals surface area (Å²) in [5, 5.41) is 0. The Morgan fingerprint density at radius 1 is 0.828 bits per heavy atom. The number of hydrogen-bond donors (Lipinski definition) is 0. The Labute approximate surface area is 169 Å². The molecule has 0 N–H and O–H groups in total. The van der Waals surface area contributed by atoms with E-state index in [2.05, 4.69) is 19.7 Å². The van der Waals surface area contributed by atoms with Crippen LogP contribution in [0, 0.1) is 6.92 Å². The van der Waals surface area contributed by atoms with Crippen LogP contribution in [-0.2, 0) is 18.8 Å². The first-order chi connectivity index (χ1) is 13.9. The minimum Gasteiger partial charge on any atom is -0.378 e. The van der Waals surface area contributed by atoms with E-state index in [1.54, 1.807) is 7.05 Å². The molecule has 0 bridgehead atoms. The van der Waals surface area contributed by atoms with Crippen molar-refractivity contribution in [3.05, 3.63) is 38.7 Å². The summed E-state index contributed by atoms with van der Waals surface area (Å²) in [5.74, 6) is 2.31. The first kappa shape index (κ1) is 19.4. The molecule has 156 valence electrons. The Morgan fingerprint density at radius 3 is 2.17 bits per heavy atom. The van der Waals surface area contributed by atoms with Gasteiger partial charge in [0.05, 0.1) is 13.2 Å². The van der Waals surface area contributed by atoms with E-state index in [9.17, 15) is 9.59 Å². The number of hydrogen-bond acceptors (Lipinski definition) is 8. The van der Waals surface area contributed by atoms with Crippen molar-refractivity contribution in [2.45, 2.75) is 6.92 Å². The van der Waals surface area contributed by atoms with Gasteiger partial charge in [0.15, 0.2) is 0 Å². The highest BCUT2D eigenvalue weighted by Crippen LogP contribution is 2.21. The van der Waals surface area contributed by atoms with Crippen LogP contribution in [0.5, 0.6) is 0 Å². The van der Waals surface area contributed by atoms with Gasteiger partial charge < -0.3 is 19.4 Å². The molecule has 0 amide bonds. The molecule has 2 saturated heterocycles. The normalized spacial score (nSPS) is 17.7. The molecular weight excluding hydrogens is 374 g/mol. The number of nitrogens with zero attached hydrogens (tertiary/aromatic N) is 7. The molecule has 10 heteroatoms. The van der Waals surface area contributed by atoms with E-state index in [1.807, 2.05) is 13.0 Å². The molecule has 2 fully saturated rings. The molecule has 4 rings (SSSR count). The summed E-state index contributed by atoms with van der Waals surface area (Å²) in [6.07, 6.45) is 0. The second kappa shape index (κ2) is 7.86. The number of ether oxygens (including phenoxy) is 1. The van der Waals surface area contributed by atoms with E-state index in [-0.39, 0.29) is 11.2 Å². The number of piperazine rings is 1. The highest BCUT2D eigenvalue weighted by molar-refractivity contribution is 5.48. The second-order valence-electron chi connectivity index (χ2n) is 7.48. The van der Waals surface area contributed by atoms with Crippen LogP contribution in [-0.4, -0.2) is 71.6 Å². The highest BCUT2D eigenvalue weighted by Gasteiger charge is 2.23. The highest BCUT2D eigenvalue weighted by atomic mass is 16.5. The van der Waals surface area contributed by atoms with Crippen molar-refractivity contribution in [3.63, 3.8) is 0 Å². The van der Waals surface area contributed by atoms with E-state index in [1.165, 1.54) is 17.7 Å². The zero-order valence-corrected chi connectivity index (χ0v) is 17.2. The lowest BCUT2D eigenvalue weighted by molar-refractivity contribution is 0.122. The average molecular weight is 401 g/mol. The van der Waals surface area contributed by atoms with Crippen molar-refractivity contribution < 1.29 is 4.74 Å². The number of aromatic nitrogens is 4. The van der Waals surface area contributed by atoms with E-state index in [0.717, 1.165) is 48.2 Å². The summed E-state index contributed by atoms with van der Waals surface area (Å²) >= 11 is 0. The average Bonchev–Trinajstić information content (AvgIpc) is 2.75. The van der Waals surface area contributed by atoms with Crippen LogP contribution in [0.3, 0.4) is 0 Å². The third-order valence-corrected chi connectivity index (χ3v) is 5.55. The summed E-state index contributed by atoms with van der Waals surface area (Å²) < 4.78 is 8.08. The Kier molecular flexibility index (Phi) is 5.27. The summed E-state index contributed by atoms with van der Waals surface area (Å²) in [4.78, 5) is 40.2. The molecule has 0 aliphatic carbocycles. The molecule has 29 heavy (non-hydrogen) atoms. The molecule has 0 aromatic carbocycles. The molecule has 2 aromatic rings. The van der Waals surface area contributed by atoms with Gasteiger partial charge in [0.25, 0.3) is 5.56 Å². The van der Waals surface area contributed by atoms with E-state index in [4.69, 9.17) is 9.72 Å². The van der Waals surface area contributed by atoms with Gasteiger partial charge in [-0.15, -0.1) is 0 Å². The fraction of sp³-hybridized carbons (Fsp3) is 0.579. The van der Waals surface area contributed by atoms with Gasteiger partial charge in [-0.25, -0.2) is 9.78 Å². The van der Waals surface area contributed by atoms with Gasteiger partial charge >= 0.3 is 5.69 Å². The van der Waals surface area contributed by atoms with Crippen LogP contribution in [0.1, 0.15) is 5.69 Å². The SMILES string of the molecule is Cc1cc(N2CCOCC2)nc(N2CCN(c3cc(=O)n(C)c(=O)n3C)CC2)n1. The van der Waals surface area contributed by atoms with E-state index in [0.29, 0.717) is 32.1 Å². The minimum atomic E-state index is -0.313. The molecule has 0 saturated carbocycles.